The Hall–Kier alpha value is -1.44. The number of benzene rings is 1. The van der Waals surface area contributed by atoms with Crippen LogP contribution in [-0.2, 0) is 4.79 Å². The van der Waals surface area contributed by atoms with Crippen molar-refractivity contribution in [2.45, 2.75) is 13.0 Å². The van der Waals surface area contributed by atoms with Crippen LogP contribution in [0.4, 0.5) is 5.82 Å². The number of halogens is 2. The van der Waals surface area contributed by atoms with Crippen LogP contribution in [0.2, 0.25) is 0 Å². The molecule has 2 aromatic rings. The molecule has 1 amide bonds. The average molecular weight is 443 g/mol. The first-order valence-electron chi connectivity index (χ1n) is 6.98. The van der Waals surface area contributed by atoms with E-state index in [1.807, 2.05) is 31.2 Å². The summed E-state index contributed by atoms with van der Waals surface area (Å²) in [7, 11) is 1.63. The Morgan fingerprint density at radius 2 is 2.09 bits per heavy atom. The second-order valence-electron chi connectivity index (χ2n) is 4.91. The van der Waals surface area contributed by atoms with Crippen LogP contribution < -0.4 is 15.4 Å². The summed E-state index contributed by atoms with van der Waals surface area (Å²) in [6.07, 6.45) is 1.64. The van der Waals surface area contributed by atoms with Crippen molar-refractivity contribution in [3.05, 3.63) is 51.0 Å². The third-order valence-corrected chi connectivity index (χ3v) is 4.33. The van der Waals surface area contributed by atoms with Crippen molar-refractivity contribution in [2.75, 3.05) is 19.0 Å². The minimum Gasteiger partial charge on any atom is -0.496 e. The summed E-state index contributed by atoms with van der Waals surface area (Å²) in [5.41, 5.74) is 1.06. The maximum absolute atomic E-state index is 11.9. The first-order chi connectivity index (χ1) is 11.0. The monoisotopic (exact) mass is 441 g/mol. The fraction of sp³-hybridized carbons (Fsp3) is 0.250. The summed E-state index contributed by atoms with van der Waals surface area (Å²) in [6, 6.07) is 9.43. The lowest BCUT2D eigenvalue weighted by Gasteiger charge is -2.15. The first kappa shape index (κ1) is 17.9. The van der Waals surface area contributed by atoms with Gasteiger partial charge in [0.05, 0.1) is 18.1 Å². The lowest BCUT2D eigenvalue weighted by atomic mass is 10.1. The number of hydrogen-bond acceptors (Lipinski definition) is 4. The van der Waals surface area contributed by atoms with Gasteiger partial charge in [-0.3, -0.25) is 4.79 Å². The molecule has 1 aromatic carbocycles. The van der Waals surface area contributed by atoms with Crippen molar-refractivity contribution in [1.82, 2.24) is 10.3 Å². The minimum absolute atomic E-state index is 0.0285. The van der Waals surface area contributed by atoms with Crippen molar-refractivity contribution in [3.8, 4) is 5.75 Å². The molecule has 0 aliphatic carbocycles. The number of carbonyl (C=O) groups is 1. The topological polar surface area (TPSA) is 63.2 Å². The van der Waals surface area contributed by atoms with Crippen molar-refractivity contribution >= 4 is 43.6 Å². The highest BCUT2D eigenvalue weighted by atomic mass is 79.9. The van der Waals surface area contributed by atoms with E-state index in [0.29, 0.717) is 5.82 Å². The first-order valence-corrected chi connectivity index (χ1v) is 8.56. The Morgan fingerprint density at radius 3 is 2.70 bits per heavy atom. The van der Waals surface area contributed by atoms with E-state index in [1.165, 1.54) is 0 Å². The number of nitrogens with one attached hydrogen (secondary N) is 2. The number of hydrogen-bond donors (Lipinski definition) is 2. The zero-order valence-corrected chi connectivity index (χ0v) is 15.9. The van der Waals surface area contributed by atoms with Gasteiger partial charge in [-0.15, -0.1) is 0 Å². The lowest BCUT2D eigenvalue weighted by Crippen LogP contribution is -2.30. The van der Waals surface area contributed by atoms with E-state index < -0.39 is 0 Å². The maximum atomic E-state index is 11.9. The van der Waals surface area contributed by atoms with Gasteiger partial charge in [0.25, 0.3) is 0 Å². The minimum atomic E-state index is -0.140. The molecule has 0 aliphatic heterocycles. The smallest absolute Gasteiger partial charge is 0.239 e. The number of methoxy groups -OCH3 is 1. The van der Waals surface area contributed by atoms with E-state index in [2.05, 4.69) is 47.5 Å². The van der Waals surface area contributed by atoms with Crippen molar-refractivity contribution in [1.29, 1.82) is 0 Å². The number of aromatic nitrogens is 1. The number of pyridine rings is 1. The highest BCUT2D eigenvalue weighted by Crippen LogP contribution is 2.27. The van der Waals surface area contributed by atoms with Gasteiger partial charge in [-0.2, -0.15) is 0 Å². The molecule has 2 N–H and O–H groups in total. The van der Waals surface area contributed by atoms with E-state index in [1.54, 1.807) is 19.4 Å². The van der Waals surface area contributed by atoms with Crippen LogP contribution >= 0.6 is 31.9 Å². The zero-order chi connectivity index (χ0) is 16.8. The Kier molecular flexibility index (Phi) is 6.56. The van der Waals surface area contributed by atoms with Crippen LogP contribution in [0, 0.1) is 0 Å². The number of anilines is 1. The number of carbonyl (C=O) groups excluding carboxylic acids is 1. The molecular formula is C16H17Br2N3O2. The molecule has 1 heterocycles. The number of ether oxygens (including phenoxy) is 1. The van der Waals surface area contributed by atoms with E-state index in [0.717, 1.165) is 20.3 Å². The zero-order valence-electron chi connectivity index (χ0n) is 12.8. The molecule has 0 aliphatic rings. The third kappa shape index (κ3) is 5.30. The molecule has 0 fully saturated rings. The van der Waals surface area contributed by atoms with Gasteiger partial charge < -0.3 is 15.4 Å². The normalized spacial score (nSPS) is 11.8. The largest absolute Gasteiger partial charge is 0.496 e. The predicted molar refractivity (Wildman–Crippen MR) is 97.7 cm³/mol. The Morgan fingerprint density at radius 1 is 1.30 bits per heavy atom. The number of nitrogens with zero attached hydrogens (tertiary/aromatic N) is 1. The van der Waals surface area contributed by atoms with Crippen LogP contribution in [0.5, 0.6) is 5.75 Å². The van der Waals surface area contributed by atoms with Gasteiger partial charge in [0.1, 0.15) is 11.6 Å². The van der Waals surface area contributed by atoms with Gasteiger partial charge >= 0.3 is 0 Å². The molecule has 1 aromatic heterocycles. The molecule has 2 rings (SSSR count). The molecule has 0 saturated heterocycles. The number of amides is 1. The quantitative estimate of drug-likeness (QED) is 0.711. The molecule has 0 spiro atoms. The van der Waals surface area contributed by atoms with Gasteiger partial charge in [0, 0.05) is 16.7 Å². The van der Waals surface area contributed by atoms with Gasteiger partial charge in [-0.05, 0) is 68.6 Å². The second kappa shape index (κ2) is 8.42. The van der Waals surface area contributed by atoms with Gasteiger partial charge in [0.15, 0.2) is 0 Å². The SMILES string of the molecule is COc1ccc(C(C)NCC(=O)Nc2ccc(Br)cn2)cc1Br. The summed E-state index contributed by atoms with van der Waals surface area (Å²) in [5.74, 6) is 1.17. The van der Waals surface area contributed by atoms with Crippen LogP contribution in [0.15, 0.2) is 45.5 Å². The molecule has 23 heavy (non-hydrogen) atoms. The van der Waals surface area contributed by atoms with Crippen molar-refractivity contribution < 1.29 is 9.53 Å². The molecule has 0 saturated carbocycles. The summed E-state index contributed by atoms with van der Waals surface area (Å²) >= 11 is 6.76. The third-order valence-electron chi connectivity index (χ3n) is 3.24. The van der Waals surface area contributed by atoms with E-state index in [9.17, 15) is 4.79 Å². The highest BCUT2D eigenvalue weighted by molar-refractivity contribution is 9.10. The summed E-state index contributed by atoms with van der Waals surface area (Å²) in [6.45, 7) is 2.20. The van der Waals surface area contributed by atoms with E-state index in [4.69, 9.17) is 4.74 Å². The predicted octanol–water partition coefficient (Wildman–Crippen LogP) is 3.90. The molecule has 122 valence electrons. The van der Waals surface area contributed by atoms with Crippen LogP contribution in [-0.4, -0.2) is 24.5 Å². The van der Waals surface area contributed by atoms with Gasteiger partial charge in [-0.25, -0.2) is 4.98 Å². The molecule has 0 bridgehead atoms. The Labute approximate surface area is 152 Å². The molecule has 7 heteroatoms. The fourth-order valence-electron chi connectivity index (χ4n) is 1.95. The van der Waals surface area contributed by atoms with Gasteiger partial charge in [-0.1, -0.05) is 6.07 Å². The molecule has 5 nitrogen and oxygen atoms in total. The maximum Gasteiger partial charge on any atom is 0.239 e. The van der Waals surface area contributed by atoms with E-state index >= 15 is 0 Å². The Balaban J connectivity index is 1.88. The molecule has 1 atom stereocenters. The molecular weight excluding hydrogens is 426 g/mol. The van der Waals surface area contributed by atoms with E-state index in [-0.39, 0.29) is 18.5 Å². The average Bonchev–Trinajstić information content (AvgIpc) is 2.54. The Bertz CT molecular complexity index is 678. The summed E-state index contributed by atoms with van der Waals surface area (Å²) in [5, 5.41) is 5.93. The molecule has 1 unspecified atom stereocenters. The van der Waals surface area contributed by atoms with Crippen molar-refractivity contribution in [2.24, 2.45) is 0 Å². The van der Waals surface area contributed by atoms with Gasteiger partial charge in [0.2, 0.25) is 5.91 Å². The standard InChI is InChI=1S/C16H17Br2N3O2/c1-10(11-3-5-14(23-2)13(18)7-11)19-9-16(22)21-15-6-4-12(17)8-20-15/h3-8,10,19H,9H2,1-2H3,(H,20,21,22). The second-order valence-corrected chi connectivity index (χ2v) is 6.68. The summed E-state index contributed by atoms with van der Waals surface area (Å²) in [4.78, 5) is 16.1. The highest BCUT2D eigenvalue weighted by Gasteiger charge is 2.10. The van der Waals surface area contributed by atoms with Crippen LogP contribution in [0.3, 0.4) is 0 Å². The van der Waals surface area contributed by atoms with Crippen LogP contribution in [0.25, 0.3) is 0 Å². The van der Waals surface area contributed by atoms with Crippen LogP contribution in [0.1, 0.15) is 18.5 Å². The lowest BCUT2D eigenvalue weighted by molar-refractivity contribution is -0.115. The fourth-order valence-corrected chi connectivity index (χ4v) is 2.75. The van der Waals surface area contributed by atoms with Crippen molar-refractivity contribution in [3.63, 3.8) is 0 Å². The number of rotatable bonds is 6. The molecule has 0 radical (unpaired) electrons. The summed E-state index contributed by atoms with van der Waals surface area (Å²) < 4.78 is 6.96.